The van der Waals surface area contributed by atoms with Gasteiger partial charge in [0.05, 0.1) is 12.6 Å². The van der Waals surface area contributed by atoms with E-state index < -0.39 is 5.60 Å². The van der Waals surface area contributed by atoms with Gasteiger partial charge in [-0.05, 0) is 23.3 Å². The Morgan fingerprint density at radius 2 is 2.25 bits per heavy atom. The van der Waals surface area contributed by atoms with Crippen molar-refractivity contribution in [3.63, 3.8) is 0 Å². The number of nitrogens with zero attached hydrogens (tertiary/aromatic N) is 1. The molecule has 1 aromatic carbocycles. The van der Waals surface area contributed by atoms with Crippen LogP contribution >= 0.6 is 0 Å². The van der Waals surface area contributed by atoms with E-state index >= 15 is 0 Å². The summed E-state index contributed by atoms with van der Waals surface area (Å²) in [7, 11) is 0. The molecule has 0 bridgehead atoms. The van der Waals surface area contributed by atoms with Gasteiger partial charge in [0, 0.05) is 12.8 Å². The molecule has 2 atom stereocenters. The van der Waals surface area contributed by atoms with Gasteiger partial charge < -0.3 is 10.4 Å². The van der Waals surface area contributed by atoms with Crippen LogP contribution < -0.4 is 5.32 Å². The molecule has 3 rings (SSSR count). The molecule has 82 valence electrons. The van der Waals surface area contributed by atoms with Gasteiger partial charge in [-0.1, -0.05) is 24.3 Å². The quantitative estimate of drug-likeness (QED) is 0.738. The van der Waals surface area contributed by atoms with E-state index in [1.54, 1.807) is 6.21 Å². The number of aliphatic hydroxyl groups is 1. The van der Waals surface area contributed by atoms with Gasteiger partial charge in [-0.2, -0.15) is 0 Å². The van der Waals surface area contributed by atoms with E-state index in [2.05, 4.69) is 22.4 Å². The van der Waals surface area contributed by atoms with E-state index in [9.17, 15) is 5.11 Å². The molecular formula is C13H14N2O. The number of hydrogen-bond acceptors (Lipinski definition) is 3. The summed E-state index contributed by atoms with van der Waals surface area (Å²) < 4.78 is 0. The van der Waals surface area contributed by atoms with Crippen LogP contribution in [0, 0.1) is 0 Å². The Morgan fingerprint density at radius 3 is 3.06 bits per heavy atom. The maximum atomic E-state index is 10.6. The number of aliphatic imine (C=N–C) groups is 1. The number of rotatable bonds is 1. The zero-order valence-corrected chi connectivity index (χ0v) is 8.93. The van der Waals surface area contributed by atoms with Crippen molar-refractivity contribution >= 4 is 6.21 Å². The smallest absolute Gasteiger partial charge is 0.122 e. The summed E-state index contributed by atoms with van der Waals surface area (Å²) in [5, 5.41) is 13.9. The van der Waals surface area contributed by atoms with Gasteiger partial charge in [-0.3, -0.25) is 4.99 Å². The molecule has 0 aliphatic carbocycles. The van der Waals surface area contributed by atoms with Crippen molar-refractivity contribution in [2.75, 3.05) is 6.54 Å². The van der Waals surface area contributed by atoms with Gasteiger partial charge in [-0.25, -0.2) is 0 Å². The Labute approximate surface area is 94.5 Å². The lowest BCUT2D eigenvalue weighted by Crippen LogP contribution is -2.43. The largest absolute Gasteiger partial charge is 0.382 e. The molecule has 2 N–H and O–H groups in total. The lowest BCUT2D eigenvalue weighted by molar-refractivity contribution is 0.0597. The van der Waals surface area contributed by atoms with Crippen LogP contribution in [-0.2, 0) is 6.54 Å². The Balaban J connectivity index is 1.98. The zero-order valence-electron chi connectivity index (χ0n) is 8.93. The average molecular weight is 214 g/mol. The number of fused-ring (bicyclic) bond motifs is 1. The maximum absolute atomic E-state index is 10.6. The fourth-order valence-corrected chi connectivity index (χ4v) is 2.45. The minimum atomic E-state index is -0.888. The second kappa shape index (κ2) is 3.54. The summed E-state index contributed by atoms with van der Waals surface area (Å²) in [4.78, 5) is 4.15. The summed E-state index contributed by atoms with van der Waals surface area (Å²) >= 11 is 0. The molecule has 0 saturated heterocycles. The monoisotopic (exact) mass is 214 g/mol. The van der Waals surface area contributed by atoms with E-state index in [4.69, 9.17) is 0 Å². The number of allylic oxidation sites excluding steroid dienone is 1. The van der Waals surface area contributed by atoms with Crippen molar-refractivity contribution < 1.29 is 5.11 Å². The molecule has 0 radical (unpaired) electrons. The van der Waals surface area contributed by atoms with Crippen molar-refractivity contribution in [3.05, 3.63) is 47.5 Å². The SMILES string of the molecule is OC1(C2NCc3ccccc32)C=CC=NC1. The fourth-order valence-electron chi connectivity index (χ4n) is 2.45. The van der Waals surface area contributed by atoms with Gasteiger partial charge in [0.15, 0.2) is 0 Å². The Morgan fingerprint density at radius 1 is 1.38 bits per heavy atom. The zero-order chi connectivity index (χ0) is 11.0. The Kier molecular flexibility index (Phi) is 2.16. The third kappa shape index (κ3) is 1.40. The second-order valence-corrected chi connectivity index (χ2v) is 4.35. The highest BCUT2D eigenvalue weighted by molar-refractivity contribution is 5.72. The number of dihydropyridines is 1. The Bertz CT molecular complexity index is 467. The van der Waals surface area contributed by atoms with Crippen molar-refractivity contribution in [2.45, 2.75) is 18.2 Å². The van der Waals surface area contributed by atoms with E-state index in [1.165, 1.54) is 11.1 Å². The molecular weight excluding hydrogens is 200 g/mol. The Hall–Kier alpha value is -1.45. The molecule has 3 heteroatoms. The lowest BCUT2D eigenvalue weighted by atomic mass is 9.87. The van der Waals surface area contributed by atoms with Gasteiger partial charge >= 0.3 is 0 Å². The molecule has 2 aliphatic rings. The highest BCUT2D eigenvalue weighted by Gasteiger charge is 2.39. The van der Waals surface area contributed by atoms with E-state index in [0.717, 1.165) is 6.54 Å². The number of benzene rings is 1. The summed E-state index contributed by atoms with van der Waals surface area (Å²) in [6, 6.07) is 8.17. The topological polar surface area (TPSA) is 44.6 Å². The summed E-state index contributed by atoms with van der Waals surface area (Å²) in [5.74, 6) is 0. The van der Waals surface area contributed by atoms with Crippen LogP contribution in [-0.4, -0.2) is 23.5 Å². The van der Waals surface area contributed by atoms with Crippen LogP contribution in [0.4, 0.5) is 0 Å². The van der Waals surface area contributed by atoms with Crippen LogP contribution in [0.3, 0.4) is 0 Å². The van der Waals surface area contributed by atoms with E-state index in [-0.39, 0.29) is 6.04 Å². The maximum Gasteiger partial charge on any atom is 0.122 e. The fraction of sp³-hybridized carbons (Fsp3) is 0.308. The van der Waals surface area contributed by atoms with E-state index in [1.807, 2.05) is 24.3 Å². The molecule has 2 unspecified atom stereocenters. The van der Waals surface area contributed by atoms with Crippen molar-refractivity contribution in [1.29, 1.82) is 0 Å². The minimum absolute atomic E-state index is 0.0441. The third-order valence-corrected chi connectivity index (χ3v) is 3.28. The molecule has 16 heavy (non-hydrogen) atoms. The second-order valence-electron chi connectivity index (χ2n) is 4.35. The molecule has 0 fully saturated rings. The van der Waals surface area contributed by atoms with Gasteiger partial charge in [0.25, 0.3) is 0 Å². The van der Waals surface area contributed by atoms with Gasteiger partial charge in [0.2, 0.25) is 0 Å². The number of nitrogens with one attached hydrogen (secondary N) is 1. The van der Waals surface area contributed by atoms with Gasteiger partial charge in [0.1, 0.15) is 5.60 Å². The highest BCUT2D eigenvalue weighted by atomic mass is 16.3. The molecule has 1 aromatic rings. The van der Waals surface area contributed by atoms with Crippen molar-refractivity contribution in [2.24, 2.45) is 4.99 Å². The lowest BCUT2D eigenvalue weighted by Gasteiger charge is -2.31. The first kappa shape index (κ1) is 9.75. The average Bonchev–Trinajstić information content (AvgIpc) is 2.74. The third-order valence-electron chi connectivity index (χ3n) is 3.28. The summed E-state index contributed by atoms with van der Waals surface area (Å²) in [5.41, 5.74) is 1.57. The number of hydrogen-bond donors (Lipinski definition) is 2. The predicted molar refractivity (Wildman–Crippen MR) is 63.5 cm³/mol. The van der Waals surface area contributed by atoms with E-state index in [0.29, 0.717) is 6.54 Å². The predicted octanol–water partition coefficient (Wildman–Crippen LogP) is 1.20. The van der Waals surface area contributed by atoms with Crippen LogP contribution in [0.15, 0.2) is 41.4 Å². The standard InChI is InChI=1S/C13H14N2O/c16-13(6-3-7-14-9-13)12-11-5-2-1-4-10(11)8-15-12/h1-7,12,15-16H,8-9H2. The normalized spacial score (nSPS) is 31.7. The molecule has 2 heterocycles. The first-order valence-electron chi connectivity index (χ1n) is 5.51. The van der Waals surface area contributed by atoms with Crippen LogP contribution in [0.25, 0.3) is 0 Å². The van der Waals surface area contributed by atoms with Crippen LogP contribution in [0.5, 0.6) is 0 Å². The highest BCUT2D eigenvalue weighted by Crippen LogP contribution is 2.35. The molecule has 0 aromatic heterocycles. The molecule has 2 aliphatic heterocycles. The van der Waals surface area contributed by atoms with Crippen LogP contribution in [0.2, 0.25) is 0 Å². The van der Waals surface area contributed by atoms with Crippen molar-refractivity contribution in [1.82, 2.24) is 5.32 Å². The molecule has 0 spiro atoms. The van der Waals surface area contributed by atoms with Crippen LogP contribution in [0.1, 0.15) is 17.2 Å². The van der Waals surface area contributed by atoms with Crippen molar-refractivity contribution in [3.8, 4) is 0 Å². The summed E-state index contributed by atoms with van der Waals surface area (Å²) in [6.07, 6.45) is 5.38. The molecule has 0 saturated carbocycles. The van der Waals surface area contributed by atoms with Gasteiger partial charge in [-0.15, -0.1) is 0 Å². The molecule has 0 amide bonds. The first-order valence-corrected chi connectivity index (χ1v) is 5.51. The first-order chi connectivity index (χ1) is 7.80. The summed E-state index contributed by atoms with van der Waals surface area (Å²) in [6.45, 7) is 1.25. The minimum Gasteiger partial charge on any atom is -0.382 e. The molecule has 3 nitrogen and oxygen atoms in total.